The molecule has 2 rings (SSSR count). The van der Waals surface area contributed by atoms with E-state index < -0.39 is 0 Å². The van der Waals surface area contributed by atoms with Gasteiger partial charge in [-0.15, -0.1) is 5.11 Å². The summed E-state index contributed by atoms with van der Waals surface area (Å²) < 4.78 is 0. The Bertz CT molecular complexity index is 562. The van der Waals surface area contributed by atoms with E-state index in [0.717, 1.165) is 11.3 Å². The first kappa shape index (κ1) is 12.1. The lowest BCUT2D eigenvalue weighted by molar-refractivity contribution is 1.21. The molecule has 4 heteroatoms. The van der Waals surface area contributed by atoms with Crippen LogP contribution in [0.5, 0.6) is 0 Å². The van der Waals surface area contributed by atoms with Crippen LogP contribution in [0, 0.1) is 13.8 Å². The van der Waals surface area contributed by atoms with E-state index in [1.54, 1.807) is 6.07 Å². The van der Waals surface area contributed by atoms with Crippen LogP contribution in [0.25, 0.3) is 0 Å². The van der Waals surface area contributed by atoms with Crippen molar-refractivity contribution < 1.29 is 0 Å². The second-order valence-corrected chi connectivity index (χ2v) is 4.31. The van der Waals surface area contributed by atoms with Crippen molar-refractivity contribution in [1.29, 1.82) is 0 Å². The normalized spacial score (nSPS) is 11.0. The molecule has 0 aliphatic carbocycles. The summed E-state index contributed by atoms with van der Waals surface area (Å²) in [6, 6.07) is 11.3. The Balaban J connectivity index is 2.31. The van der Waals surface area contributed by atoms with Gasteiger partial charge in [-0.1, -0.05) is 17.7 Å². The van der Waals surface area contributed by atoms with Crippen LogP contribution in [0.2, 0.25) is 0 Å². The highest BCUT2D eigenvalue weighted by Crippen LogP contribution is 2.30. The largest absolute Gasteiger partial charge is 0.399 e. The Morgan fingerprint density at radius 1 is 0.889 bits per heavy atom. The van der Waals surface area contributed by atoms with Crippen LogP contribution < -0.4 is 11.5 Å². The molecule has 0 saturated carbocycles. The lowest BCUT2D eigenvalue weighted by Crippen LogP contribution is -1.92. The fourth-order valence-corrected chi connectivity index (χ4v) is 1.69. The van der Waals surface area contributed by atoms with Crippen molar-refractivity contribution >= 4 is 22.7 Å². The molecule has 4 nitrogen and oxygen atoms in total. The van der Waals surface area contributed by atoms with E-state index in [2.05, 4.69) is 10.2 Å². The van der Waals surface area contributed by atoms with Crippen LogP contribution in [0.4, 0.5) is 22.7 Å². The molecule has 0 fully saturated rings. The highest BCUT2D eigenvalue weighted by atomic mass is 15.1. The summed E-state index contributed by atoms with van der Waals surface area (Å²) in [5.74, 6) is 0. The van der Waals surface area contributed by atoms with E-state index in [0.29, 0.717) is 17.1 Å². The first-order valence-corrected chi connectivity index (χ1v) is 5.70. The van der Waals surface area contributed by atoms with Crippen LogP contribution in [0.1, 0.15) is 11.1 Å². The maximum absolute atomic E-state index is 5.88. The summed E-state index contributed by atoms with van der Waals surface area (Å²) in [5.41, 5.74) is 16.3. The topological polar surface area (TPSA) is 76.8 Å². The van der Waals surface area contributed by atoms with Crippen molar-refractivity contribution in [2.75, 3.05) is 11.5 Å². The quantitative estimate of drug-likeness (QED) is 0.617. The molecule has 0 saturated heterocycles. The minimum absolute atomic E-state index is 0.545. The molecule has 0 spiro atoms. The number of aryl methyl sites for hydroxylation is 2. The van der Waals surface area contributed by atoms with Crippen molar-refractivity contribution in [3.8, 4) is 0 Å². The number of hydrogen-bond acceptors (Lipinski definition) is 4. The van der Waals surface area contributed by atoms with Crippen LogP contribution in [-0.2, 0) is 0 Å². The summed E-state index contributed by atoms with van der Waals surface area (Å²) in [4.78, 5) is 0. The van der Waals surface area contributed by atoms with Gasteiger partial charge < -0.3 is 11.5 Å². The van der Waals surface area contributed by atoms with Crippen molar-refractivity contribution in [2.24, 2.45) is 10.2 Å². The average molecular weight is 240 g/mol. The maximum Gasteiger partial charge on any atom is 0.112 e. The lowest BCUT2D eigenvalue weighted by Gasteiger charge is -2.04. The Kier molecular flexibility index (Phi) is 3.28. The summed E-state index contributed by atoms with van der Waals surface area (Å²) in [6.07, 6.45) is 0. The number of rotatable bonds is 2. The van der Waals surface area contributed by atoms with Gasteiger partial charge >= 0.3 is 0 Å². The second kappa shape index (κ2) is 4.87. The highest BCUT2D eigenvalue weighted by Gasteiger charge is 2.03. The molecular formula is C14H16N4. The minimum atomic E-state index is 0.545. The molecule has 4 N–H and O–H groups in total. The van der Waals surface area contributed by atoms with E-state index in [1.165, 1.54) is 5.56 Å². The molecule has 0 unspecified atom stereocenters. The molecule has 0 heterocycles. The van der Waals surface area contributed by atoms with Gasteiger partial charge in [0.25, 0.3) is 0 Å². The van der Waals surface area contributed by atoms with Gasteiger partial charge in [0.2, 0.25) is 0 Å². The van der Waals surface area contributed by atoms with Crippen molar-refractivity contribution in [3.05, 3.63) is 47.5 Å². The fourth-order valence-electron chi connectivity index (χ4n) is 1.69. The van der Waals surface area contributed by atoms with Gasteiger partial charge in [-0.2, -0.15) is 5.11 Å². The van der Waals surface area contributed by atoms with Crippen LogP contribution in [-0.4, -0.2) is 0 Å². The first-order valence-electron chi connectivity index (χ1n) is 5.70. The molecular weight excluding hydrogens is 224 g/mol. The third kappa shape index (κ3) is 2.66. The zero-order chi connectivity index (χ0) is 13.1. The lowest BCUT2D eigenvalue weighted by atomic mass is 10.1. The number of nitrogen functional groups attached to an aromatic ring is 2. The van der Waals surface area contributed by atoms with Crippen molar-refractivity contribution in [2.45, 2.75) is 13.8 Å². The molecule has 0 aromatic heterocycles. The molecule has 2 aromatic rings. The predicted octanol–water partition coefficient (Wildman–Crippen LogP) is 3.88. The van der Waals surface area contributed by atoms with Crippen molar-refractivity contribution in [1.82, 2.24) is 0 Å². The van der Waals surface area contributed by atoms with Crippen LogP contribution in [0.3, 0.4) is 0 Å². The van der Waals surface area contributed by atoms with Gasteiger partial charge in [-0.05, 0) is 43.7 Å². The number of nitrogens with two attached hydrogens (primary N) is 2. The van der Waals surface area contributed by atoms with E-state index >= 15 is 0 Å². The zero-order valence-corrected chi connectivity index (χ0v) is 10.5. The Labute approximate surface area is 106 Å². The minimum Gasteiger partial charge on any atom is -0.399 e. The van der Waals surface area contributed by atoms with E-state index in [1.807, 2.05) is 44.2 Å². The number of hydrogen-bond donors (Lipinski definition) is 2. The van der Waals surface area contributed by atoms with Gasteiger partial charge in [0, 0.05) is 5.69 Å². The third-order valence-corrected chi connectivity index (χ3v) is 2.65. The molecule has 0 amide bonds. The van der Waals surface area contributed by atoms with E-state index in [9.17, 15) is 0 Å². The number of azo groups is 1. The van der Waals surface area contributed by atoms with E-state index in [4.69, 9.17) is 11.5 Å². The Hall–Kier alpha value is -2.36. The number of anilines is 2. The summed E-state index contributed by atoms with van der Waals surface area (Å²) in [7, 11) is 0. The molecule has 92 valence electrons. The van der Waals surface area contributed by atoms with E-state index in [-0.39, 0.29) is 0 Å². The van der Waals surface area contributed by atoms with Crippen molar-refractivity contribution in [3.63, 3.8) is 0 Å². The SMILES string of the molecule is Cc1ccc(N=Nc2c(C)cc(N)cc2N)cc1. The smallest absolute Gasteiger partial charge is 0.112 e. The van der Waals surface area contributed by atoms with Gasteiger partial charge in [-0.3, -0.25) is 0 Å². The molecule has 0 bridgehead atoms. The predicted molar refractivity (Wildman–Crippen MR) is 75.4 cm³/mol. The number of benzene rings is 2. The number of nitrogens with zero attached hydrogens (tertiary/aromatic N) is 2. The van der Waals surface area contributed by atoms with Gasteiger partial charge in [0.05, 0.1) is 11.4 Å². The molecule has 0 radical (unpaired) electrons. The first-order chi connectivity index (χ1) is 8.56. The Morgan fingerprint density at radius 3 is 2.17 bits per heavy atom. The standard InChI is InChI=1S/C14H16N4/c1-9-3-5-12(6-4-9)17-18-14-10(2)7-11(15)8-13(14)16/h3-8H,15-16H2,1-2H3. The molecule has 2 aromatic carbocycles. The summed E-state index contributed by atoms with van der Waals surface area (Å²) in [5, 5.41) is 8.36. The van der Waals surface area contributed by atoms with Gasteiger partial charge in [0.1, 0.15) is 5.69 Å². The third-order valence-electron chi connectivity index (χ3n) is 2.65. The average Bonchev–Trinajstić information content (AvgIpc) is 2.30. The highest BCUT2D eigenvalue weighted by molar-refractivity contribution is 5.71. The van der Waals surface area contributed by atoms with Gasteiger partial charge in [-0.25, -0.2) is 0 Å². The summed E-state index contributed by atoms with van der Waals surface area (Å²) >= 11 is 0. The second-order valence-electron chi connectivity index (χ2n) is 4.31. The fraction of sp³-hybridized carbons (Fsp3) is 0.143. The molecule has 0 atom stereocenters. The van der Waals surface area contributed by atoms with Gasteiger partial charge in [0.15, 0.2) is 0 Å². The van der Waals surface area contributed by atoms with Crippen LogP contribution >= 0.6 is 0 Å². The zero-order valence-electron chi connectivity index (χ0n) is 10.5. The Morgan fingerprint density at radius 2 is 1.56 bits per heavy atom. The van der Waals surface area contributed by atoms with Crippen LogP contribution in [0.15, 0.2) is 46.6 Å². The maximum atomic E-state index is 5.88. The molecule has 18 heavy (non-hydrogen) atoms. The summed E-state index contributed by atoms with van der Waals surface area (Å²) in [6.45, 7) is 3.94. The monoisotopic (exact) mass is 240 g/mol. The molecule has 0 aliphatic rings. The molecule has 0 aliphatic heterocycles.